The van der Waals surface area contributed by atoms with E-state index in [9.17, 15) is 9.90 Å². The largest absolute Gasteiger partial charge is 0.508 e. The van der Waals surface area contributed by atoms with Gasteiger partial charge in [0.2, 0.25) is 0 Å². The van der Waals surface area contributed by atoms with Gasteiger partial charge in [-0.1, -0.05) is 35.5 Å². The van der Waals surface area contributed by atoms with Crippen molar-refractivity contribution >= 4 is 5.91 Å². The summed E-state index contributed by atoms with van der Waals surface area (Å²) in [4.78, 5) is 19.6. The minimum absolute atomic E-state index is 0.181. The van der Waals surface area contributed by atoms with E-state index in [-0.39, 0.29) is 18.2 Å². The predicted octanol–water partition coefficient (Wildman–Crippen LogP) is 2.29. The van der Waals surface area contributed by atoms with Crippen molar-refractivity contribution in [2.75, 3.05) is 0 Å². The van der Waals surface area contributed by atoms with Crippen molar-refractivity contribution in [3.8, 4) is 22.8 Å². The summed E-state index contributed by atoms with van der Waals surface area (Å²) in [5.41, 5.74) is 2.66. The van der Waals surface area contributed by atoms with Crippen molar-refractivity contribution in [1.82, 2.24) is 30.3 Å². The van der Waals surface area contributed by atoms with E-state index in [4.69, 9.17) is 0 Å². The number of H-pyrrole nitrogens is 1. The molecule has 4 aromatic rings. The molecular formula is C19H16N6O2. The van der Waals surface area contributed by atoms with Gasteiger partial charge in [0.25, 0.3) is 5.91 Å². The fourth-order valence-electron chi connectivity index (χ4n) is 2.56. The molecule has 0 aliphatic rings. The van der Waals surface area contributed by atoms with Crippen LogP contribution in [0, 0.1) is 0 Å². The van der Waals surface area contributed by atoms with Gasteiger partial charge in [-0.3, -0.25) is 4.79 Å². The van der Waals surface area contributed by atoms with E-state index in [0.717, 1.165) is 11.3 Å². The van der Waals surface area contributed by atoms with Gasteiger partial charge in [0, 0.05) is 5.56 Å². The number of carbonyl (C=O) groups excluding carboxylic acids is 1. The van der Waals surface area contributed by atoms with Gasteiger partial charge in [-0.05, 0) is 24.3 Å². The van der Waals surface area contributed by atoms with Crippen LogP contribution in [0.3, 0.4) is 0 Å². The monoisotopic (exact) mass is 360 g/mol. The number of hydrogen-bond acceptors (Lipinski definition) is 5. The molecule has 4 rings (SSSR count). The molecule has 0 unspecified atom stereocenters. The number of aromatic amines is 1. The topological polar surface area (TPSA) is 109 Å². The fourth-order valence-corrected chi connectivity index (χ4v) is 2.56. The summed E-state index contributed by atoms with van der Waals surface area (Å²) in [6.45, 7) is 0.233. The van der Waals surface area contributed by atoms with Gasteiger partial charge in [-0.25, -0.2) is 9.67 Å². The molecule has 2 heterocycles. The second kappa shape index (κ2) is 7.12. The van der Waals surface area contributed by atoms with Crippen molar-refractivity contribution in [2.45, 2.75) is 6.54 Å². The molecule has 0 aliphatic heterocycles. The molecule has 0 spiro atoms. The van der Waals surface area contributed by atoms with Crippen molar-refractivity contribution in [3.63, 3.8) is 0 Å². The second-order valence-electron chi connectivity index (χ2n) is 5.87. The lowest BCUT2D eigenvalue weighted by Crippen LogP contribution is -2.23. The zero-order chi connectivity index (χ0) is 18.6. The number of carbonyl (C=O) groups is 1. The minimum atomic E-state index is -0.274. The molecule has 8 nitrogen and oxygen atoms in total. The van der Waals surface area contributed by atoms with Crippen LogP contribution in [0.25, 0.3) is 17.1 Å². The Hall–Kier alpha value is -3.94. The Morgan fingerprint density at radius 1 is 1.11 bits per heavy atom. The molecule has 134 valence electrons. The second-order valence-corrected chi connectivity index (χ2v) is 5.87. The average Bonchev–Trinajstić information content (AvgIpc) is 3.37. The minimum Gasteiger partial charge on any atom is -0.508 e. The van der Waals surface area contributed by atoms with Gasteiger partial charge in [0.05, 0.1) is 24.6 Å². The van der Waals surface area contributed by atoms with E-state index in [1.807, 2.05) is 30.3 Å². The van der Waals surface area contributed by atoms with E-state index in [0.29, 0.717) is 17.2 Å². The van der Waals surface area contributed by atoms with Crippen molar-refractivity contribution in [2.24, 2.45) is 0 Å². The first-order valence-electron chi connectivity index (χ1n) is 8.28. The molecule has 0 atom stereocenters. The number of hydrogen-bond donors (Lipinski definition) is 3. The Kier molecular flexibility index (Phi) is 4.36. The summed E-state index contributed by atoms with van der Waals surface area (Å²) in [6, 6.07) is 16.2. The normalized spacial score (nSPS) is 10.7. The number of amides is 1. The van der Waals surface area contributed by atoms with Crippen LogP contribution in [-0.2, 0) is 6.54 Å². The van der Waals surface area contributed by atoms with Gasteiger partial charge in [-0.2, -0.15) is 0 Å². The van der Waals surface area contributed by atoms with Crippen molar-refractivity contribution < 1.29 is 9.90 Å². The van der Waals surface area contributed by atoms with Crippen LogP contribution in [0.15, 0.2) is 67.0 Å². The van der Waals surface area contributed by atoms with E-state index in [1.54, 1.807) is 35.1 Å². The molecule has 0 saturated heterocycles. The van der Waals surface area contributed by atoms with Gasteiger partial charge in [0.15, 0.2) is 0 Å². The van der Waals surface area contributed by atoms with Crippen LogP contribution < -0.4 is 5.32 Å². The highest BCUT2D eigenvalue weighted by atomic mass is 16.3. The number of nitrogens with zero attached hydrogens (tertiary/aromatic N) is 4. The zero-order valence-corrected chi connectivity index (χ0v) is 14.2. The molecule has 1 amide bonds. The van der Waals surface area contributed by atoms with E-state index < -0.39 is 0 Å². The maximum absolute atomic E-state index is 12.3. The summed E-state index contributed by atoms with van der Waals surface area (Å²) < 4.78 is 1.57. The quantitative estimate of drug-likeness (QED) is 0.506. The predicted molar refractivity (Wildman–Crippen MR) is 98.2 cm³/mol. The first-order chi connectivity index (χ1) is 13.2. The Balaban J connectivity index is 1.40. The zero-order valence-electron chi connectivity index (χ0n) is 14.2. The summed E-state index contributed by atoms with van der Waals surface area (Å²) in [6.07, 6.45) is 3.22. The number of phenols is 1. The van der Waals surface area contributed by atoms with Gasteiger partial charge >= 0.3 is 0 Å². The molecule has 2 aromatic carbocycles. The molecule has 0 fully saturated rings. The number of aromatic hydroxyl groups is 1. The first-order valence-corrected chi connectivity index (χ1v) is 8.28. The van der Waals surface area contributed by atoms with Gasteiger partial charge in [-0.15, -0.1) is 5.10 Å². The molecule has 0 aliphatic carbocycles. The van der Waals surface area contributed by atoms with E-state index in [2.05, 4.69) is 25.6 Å². The van der Waals surface area contributed by atoms with Crippen LogP contribution in [0.2, 0.25) is 0 Å². The summed E-state index contributed by atoms with van der Waals surface area (Å²) in [5, 5.41) is 20.2. The third-order valence-electron chi connectivity index (χ3n) is 3.95. The number of rotatable bonds is 5. The molecule has 0 saturated carbocycles. The Morgan fingerprint density at radius 3 is 2.67 bits per heavy atom. The number of phenolic OH excluding ortho intramolecular Hbond substituents is 1. The van der Waals surface area contributed by atoms with Gasteiger partial charge in [0.1, 0.15) is 23.0 Å². The molecule has 27 heavy (non-hydrogen) atoms. The lowest BCUT2D eigenvalue weighted by molar-refractivity contribution is 0.0946. The van der Waals surface area contributed by atoms with Gasteiger partial charge < -0.3 is 15.4 Å². The Morgan fingerprint density at radius 2 is 1.89 bits per heavy atom. The van der Waals surface area contributed by atoms with Crippen molar-refractivity contribution in [3.05, 3.63) is 78.4 Å². The number of nitrogens with one attached hydrogen (secondary N) is 2. The van der Waals surface area contributed by atoms with Crippen LogP contribution in [-0.4, -0.2) is 36.0 Å². The van der Waals surface area contributed by atoms with E-state index in [1.165, 1.54) is 6.20 Å². The van der Waals surface area contributed by atoms with Crippen LogP contribution in [0.5, 0.6) is 5.75 Å². The van der Waals surface area contributed by atoms with Crippen molar-refractivity contribution in [1.29, 1.82) is 0 Å². The standard InChI is InChI=1S/C19H16N6O2/c26-16-8-6-15(7-9-16)25-12-14(23-24-25)10-21-19(27)17-11-20-18(22-17)13-4-2-1-3-5-13/h1-9,11-12,26H,10H2,(H,20,22)(H,21,27). The van der Waals surface area contributed by atoms with E-state index >= 15 is 0 Å². The number of aromatic nitrogens is 5. The Labute approximate surface area is 154 Å². The van der Waals surface area contributed by atoms with Crippen LogP contribution >= 0.6 is 0 Å². The summed E-state index contributed by atoms with van der Waals surface area (Å²) >= 11 is 0. The maximum Gasteiger partial charge on any atom is 0.269 e. The summed E-state index contributed by atoms with van der Waals surface area (Å²) in [5.74, 6) is 0.545. The fraction of sp³-hybridized carbons (Fsp3) is 0.0526. The highest BCUT2D eigenvalue weighted by molar-refractivity contribution is 5.92. The first kappa shape index (κ1) is 16.5. The lowest BCUT2D eigenvalue weighted by Gasteiger charge is -2.01. The molecule has 0 bridgehead atoms. The SMILES string of the molecule is O=C(NCc1cn(-c2ccc(O)cc2)nn1)c1cnc(-c2ccccc2)[nH]1. The third kappa shape index (κ3) is 3.69. The molecule has 8 heteroatoms. The van der Waals surface area contributed by atoms with Crippen LogP contribution in [0.1, 0.15) is 16.2 Å². The number of benzene rings is 2. The molecular weight excluding hydrogens is 344 g/mol. The molecule has 0 radical (unpaired) electrons. The Bertz CT molecular complexity index is 1050. The highest BCUT2D eigenvalue weighted by Gasteiger charge is 2.11. The lowest BCUT2D eigenvalue weighted by atomic mass is 10.2. The maximum atomic E-state index is 12.3. The molecule has 3 N–H and O–H groups in total. The number of imidazole rings is 1. The average molecular weight is 360 g/mol. The smallest absolute Gasteiger partial charge is 0.269 e. The summed E-state index contributed by atoms with van der Waals surface area (Å²) in [7, 11) is 0. The highest BCUT2D eigenvalue weighted by Crippen LogP contribution is 2.15. The van der Waals surface area contributed by atoms with Crippen LogP contribution in [0.4, 0.5) is 0 Å². The molecule has 2 aromatic heterocycles. The third-order valence-corrected chi connectivity index (χ3v) is 3.95.